The summed E-state index contributed by atoms with van der Waals surface area (Å²) in [4.78, 5) is 0. The number of rotatable bonds is 3. The SMILES string of the molecule is Cn1nnc(Br)c1C(NN)c1cccc(F)c1F. The zero-order valence-corrected chi connectivity index (χ0v) is 10.9. The number of hydrogen-bond donors (Lipinski definition) is 2. The highest BCUT2D eigenvalue weighted by molar-refractivity contribution is 9.10. The molecule has 0 radical (unpaired) electrons. The molecule has 5 nitrogen and oxygen atoms in total. The summed E-state index contributed by atoms with van der Waals surface area (Å²) in [7, 11) is 1.63. The van der Waals surface area contributed by atoms with Gasteiger partial charge in [-0.2, -0.15) is 0 Å². The van der Waals surface area contributed by atoms with Crippen LogP contribution < -0.4 is 11.3 Å². The molecule has 0 aliphatic carbocycles. The van der Waals surface area contributed by atoms with E-state index in [1.807, 2.05) is 0 Å². The monoisotopic (exact) mass is 317 g/mol. The lowest BCUT2D eigenvalue weighted by atomic mass is 10.0. The molecule has 0 fully saturated rings. The van der Waals surface area contributed by atoms with Crippen LogP contribution in [0.4, 0.5) is 8.78 Å². The Morgan fingerprint density at radius 3 is 2.72 bits per heavy atom. The molecular weight excluding hydrogens is 308 g/mol. The molecule has 0 saturated heterocycles. The van der Waals surface area contributed by atoms with Crippen molar-refractivity contribution in [2.45, 2.75) is 6.04 Å². The molecule has 96 valence electrons. The molecule has 1 heterocycles. The third-order valence-electron chi connectivity index (χ3n) is 2.56. The molecule has 18 heavy (non-hydrogen) atoms. The fraction of sp³-hybridized carbons (Fsp3) is 0.200. The summed E-state index contributed by atoms with van der Waals surface area (Å²) < 4.78 is 28.8. The third kappa shape index (κ3) is 2.14. The second kappa shape index (κ2) is 5.09. The summed E-state index contributed by atoms with van der Waals surface area (Å²) in [5.41, 5.74) is 3.02. The van der Waals surface area contributed by atoms with E-state index in [9.17, 15) is 8.78 Å². The second-order valence-electron chi connectivity index (χ2n) is 3.63. The van der Waals surface area contributed by atoms with Crippen LogP contribution in [0.3, 0.4) is 0 Å². The van der Waals surface area contributed by atoms with Crippen LogP contribution >= 0.6 is 15.9 Å². The van der Waals surface area contributed by atoms with E-state index in [1.54, 1.807) is 7.05 Å². The largest absolute Gasteiger partial charge is 0.271 e. The van der Waals surface area contributed by atoms with E-state index in [0.29, 0.717) is 10.3 Å². The predicted molar refractivity (Wildman–Crippen MR) is 64.2 cm³/mol. The number of halogens is 3. The van der Waals surface area contributed by atoms with Gasteiger partial charge in [-0.3, -0.25) is 5.84 Å². The summed E-state index contributed by atoms with van der Waals surface area (Å²) in [6.45, 7) is 0. The molecule has 0 spiro atoms. The van der Waals surface area contributed by atoms with Crippen molar-refractivity contribution in [3.63, 3.8) is 0 Å². The van der Waals surface area contributed by atoms with Crippen LogP contribution in [0.25, 0.3) is 0 Å². The van der Waals surface area contributed by atoms with E-state index in [0.717, 1.165) is 6.07 Å². The lowest BCUT2D eigenvalue weighted by Gasteiger charge is -2.17. The maximum Gasteiger partial charge on any atom is 0.164 e. The Morgan fingerprint density at radius 1 is 1.44 bits per heavy atom. The Kier molecular flexibility index (Phi) is 3.69. The molecule has 1 unspecified atom stereocenters. The van der Waals surface area contributed by atoms with Crippen LogP contribution in [-0.4, -0.2) is 15.0 Å². The van der Waals surface area contributed by atoms with Gasteiger partial charge in [0.15, 0.2) is 16.2 Å². The molecule has 0 aliphatic rings. The normalized spacial score (nSPS) is 12.7. The number of hydrogen-bond acceptors (Lipinski definition) is 4. The van der Waals surface area contributed by atoms with Crippen LogP contribution in [0.15, 0.2) is 22.8 Å². The molecule has 0 bridgehead atoms. The van der Waals surface area contributed by atoms with E-state index in [4.69, 9.17) is 5.84 Å². The van der Waals surface area contributed by atoms with Gasteiger partial charge in [0.2, 0.25) is 0 Å². The number of aromatic nitrogens is 3. The maximum absolute atomic E-state index is 13.8. The minimum atomic E-state index is -0.950. The molecule has 8 heteroatoms. The Balaban J connectivity index is 2.56. The molecular formula is C10H10BrF2N5. The van der Waals surface area contributed by atoms with Crippen molar-refractivity contribution in [1.29, 1.82) is 0 Å². The Hall–Kier alpha value is -1.38. The zero-order valence-electron chi connectivity index (χ0n) is 9.36. The number of hydrazine groups is 1. The smallest absolute Gasteiger partial charge is 0.164 e. The fourth-order valence-corrected chi connectivity index (χ4v) is 2.26. The Morgan fingerprint density at radius 2 is 2.17 bits per heavy atom. The number of benzene rings is 1. The predicted octanol–water partition coefficient (Wildman–Crippen LogP) is 1.41. The minimum Gasteiger partial charge on any atom is -0.271 e. The van der Waals surface area contributed by atoms with Gasteiger partial charge in [0.25, 0.3) is 0 Å². The first-order valence-electron chi connectivity index (χ1n) is 5.01. The lowest BCUT2D eigenvalue weighted by Crippen LogP contribution is -2.31. The van der Waals surface area contributed by atoms with Gasteiger partial charge in [0.1, 0.15) is 0 Å². The van der Waals surface area contributed by atoms with Crippen molar-refractivity contribution in [2.24, 2.45) is 12.9 Å². The topological polar surface area (TPSA) is 68.8 Å². The fourth-order valence-electron chi connectivity index (χ4n) is 1.70. The standard InChI is InChI=1S/C10H10BrF2N5/c1-18-9(10(11)16-17-18)8(15-14)5-3-2-4-6(12)7(5)13/h2-4,8,15H,14H2,1H3. The van der Waals surface area contributed by atoms with Crippen molar-refractivity contribution in [2.75, 3.05) is 0 Å². The van der Waals surface area contributed by atoms with Gasteiger partial charge in [0, 0.05) is 12.6 Å². The number of nitrogens with zero attached hydrogens (tertiary/aromatic N) is 3. The summed E-state index contributed by atoms with van der Waals surface area (Å²) in [6.07, 6.45) is 0. The molecule has 1 atom stereocenters. The molecule has 2 aromatic rings. The van der Waals surface area contributed by atoms with Crippen LogP contribution in [-0.2, 0) is 7.05 Å². The van der Waals surface area contributed by atoms with E-state index >= 15 is 0 Å². The second-order valence-corrected chi connectivity index (χ2v) is 4.38. The van der Waals surface area contributed by atoms with Gasteiger partial charge >= 0.3 is 0 Å². The van der Waals surface area contributed by atoms with Crippen molar-refractivity contribution >= 4 is 15.9 Å². The van der Waals surface area contributed by atoms with Gasteiger partial charge in [-0.25, -0.2) is 18.9 Å². The molecule has 1 aromatic carbocycles. The molecule has 0 aliphatic heterocycles. The lowest BCUT2D eigenvalue weighted by molar-refractivity contribution is 0.475. The van der Waals surface area contributed by atoms with Gasteiger partial charge in [-0.1, -0.05) is 17.3 Å². The Labute approximate surface area is 110 Å². The van der Waals surface area contributed by atoms with Crippen molar-refractivity contribution in [3.05, 3.63) is 45.7 Å². The quantitative estimate of drug-likeness (QED) is 0.663. The highest BCUT2D eigenvalue weighted by Crippen LogP contribution is 2.28. The average Bonchev–Trinajstić information content (AvgIpc) is 2.67. The molecule has 2 rings (SSSR count). The highest BCUT2D eigenvalue weighted by Gasteiger charge is 2.24. The molecule has 0 amide bonds. The summed E-state index contributed by atoms with van der Waals surface area (Å²) in [6, 6.07) is 3.15. The van der Waals surface area contributed by atoms with Crippen LogP contribution in [0, 0.1) is 11.6 Å². The number of nitrogens with one attached hydrogen (secondary N) is 1. The Bertz CT molecular complexity index is 552. The van der Waals surface area contributed by atoms with E-state index in [1.165, 1.54) is 16.8 Å². The highest BCUT2D eigenvalue weighted by atomic mass is 79.9. The van der Waals surface area contributed by atoms with Gasteiger partial charge in [-0.15, -0.1) is 5.10 Å². The van der Waals surface area contributed by atoms with Crippen molar-refractivity contribution in [3.8, 4) is 0 Å². The summed E-state index contributed by atoms with van der Waals surface area (Å²) in [5, 5.41) is 7.55. The first-order valence-corrected chi connectivity index (χ1v) is 5.80. The summed E-state index contributed by atoms with van der Waals surface area (Å²) >= 11 is 3.19. The van der Waals surface area contributed by atoms with E-state index in [2.05, 4.69) is 31.7 Å². The first-order chi connectivity index (χ1) is 8.56. The van der Waals surface area contributed by atoms with Gasteiger partial charge < -0.3 is 0 Å². The van der Waals surface area contributed by atoms with Crippen LogP contribution in [0.2, 0.25) is 0 Å². The molecule has 0 saturated carbocycles. The van der Waals surface area contributed by atoms with Crippen molar-refractivity contribution < 1.29 is 8.78 Å². The molecule has 3 N–H and O–H groups in total. The zero-order chi connectivity index (χ0) is 13.3. The first kappa shape index (κ1) is 13.1. The summed E-state index contributed by atoms with van der Waals surface area (Å²) in [5.74, 6) is 3.54. The minimum absolute atomic E-state index is 0.0867. The van der Waals surface area contributed by atoms with Gasteiger partial charge in [-0.05, 0) is 22.0 Å². The molecule has 1 aromatic heterocycles. The third-order valence-corrected chi connectivity index (χ3v) is 3.12. The number of aryl methyl sites for hydroxylation is 1. The van der Waals surface area contributed by atoms with E-state index in [-0.39, 0.29) is 5.56 Å². The number of nitrogens with two attached hydrogens (primary N) is 1. The van der Waals surface area contributed by atoms with E-state index < -0.39 is 17.7 Å². The van der Waals surface area contributed by atoms with Gasteiger partial charge in [0.05, 0.1) is 11.7 Å². The van der Waals surface area contributed by atoms with Crippen molar-refractivity contribution in [1.82, 2.24) is 20.4 Å². The maximum atomic E-state index is 13.8. The van der Waals surface area contributed by atoms with Crippen LogP contribution in [0.5, 0.6) is 0 Å². The van der Waals surface area contributed by atoms with Crippen LogP contribution in [0.1, 0.15) is 17.3 Å². The average molecular weight is 318 g/mol.